The highest BCUT2D eigenvalue weighted by Gasteiger charge is 2.46. The summed E-state index contributed by atoms with van der Waals surface area (Å²) in [6.45, 7) is 0.219. The van der Waals surface area contributed by atoms with Gasteiger partial charge in [-0.2, -0.15) is 0 Å². The first-order chi connectivity index (χ1) is 16.5. The Balaban J connectivity index is 1.22. The van der Waals surface area contributed by atoms with Crippen LogP contribution in [0.2, 0.25) is 5.02 Å². The SMILES string of the molecule is O=C(C[C@H]1C[C@@H]2c3cc(NC(=O)CC4CC4)ccc3O[C@@H]2[C@@H](CO)O1)NCc1ccc(Cl)cc1. The van der Waals surface area contributed by atoms with Crippen molar-refractivity contribution in [3.8, 4) is 5.75 Å². The fourth-order valence-electron chi connectivity index (χ4n) is 4.84. The van der Waals surface area contributed by atoms with Gasteiger partial charge in [-0.25, -0.2) is 0 Å². The summed E-state index contributed by atoms with van der Waals surface area (Å²) in [7, 11) is 0. The van der Waals surface area contributed by atoms with E-state index in [9.17, 15) is 14.7 Å². The number of ether oxygens (including phenoxy) is 2. The predicted octanol–water partition coefficient (Wildman–Crippen LogP) is 3.78. The van der Waals surface area contributed by atoms with Gasteiger partial charge >= 0.3 is 0 Å². The minimum absolute atomic E-state index is 0.0183. The molecule has 0 unspecified atom stereocenters. The second kappa shape index (κ2) is 9.94. The van der Waals surface area contributed by atoms with E-state index in [0.717, 1.165) is 35.4 Å². The van der Waals surface area contributed by atoms with Gasteiger partial charge in [-0.15, -0.1) is 0 Å². The van der Waals surface area contributed by atoms with Crippen molar-refractivity contribution in [1.29, 1.82) is 0 Å². The standard InChI is InChI=1S/C26H29ClN2O5/c27-17-5-3-16(4-6-17)13-28-24(31)12-19-11-21-20-10-18(29-25(32)9-15-1-2-15)7-8-22(20)34-26(21)23(14-30)33-19/h3-8,10,15,19,21,23,26,30H,1-2,9,11-14H2,(H,28,31)(H,29,32)/t19-,21-,23-,26+/m1/s1. The second-order valence-corrected chi connectivity index (χ2v) is 9.90. The van der Waals surface area contributed by atoms with Crippen molar-refractivity contribution in [3.63, 3.8) is 0 Å². The molecule has 0 aromatic heterocycles. The predicted molar refractivity (Wildman–Crippen MR) is 128 cm³/mol. The maximum atomic E-state index is 12.6. The highest BCUT2D eigenvalue weighted by Crippen LogP contribution is 2.47. The van der Waals surface area contributed by atoms with Crippen LogP contribution in [0.15, 0.2) is 42.5 Å². The third-order valence-corrected chi connectivity index (χ3v) is 7.02. The summed E-state index contributed by atoms with van der Waals surface area (Å²) in [5.41, 5.74) is 2.70. The molecule has 34 heavy (non-hydrogen) atoms. The average molecular weight is 485 g/mol. The number of hydrogen-bond donors (Lipinski definition) is 3. The second-order valence-electron chi connectivity index (χ2n) is 9.46. The summed E-state index contributed by atoms with van der Waals surface area (Å²) >= 11 is 5.91. The van der Waals surface area contributed by atoms with E-state index < -0.39 is 6.10 Å². The number of nitrogens with one attached hydrogen (secondary N) is 2. The van der Waals surface area contributed by atoms with Gasteiger partial charge in [0, 0.05) is 35.2 Å². The molecule has 2 fully saturated rings. The van der Waals surface area contributed by atoms with Crippen molar-refractivity contribution in [1.82, 2.24) is 5.32 Å². The van der Waals surface area contributed by atoms with Crippen molar-refractivity contribution in [3.05, 3.63) is 58.6 Å². The van der Waals surface area contributed by atoms with Gasteiger partial charge in [0.1, 0.15) is 18.0 Å². The van der Waals surface area contributed by atoms with Crippen LogP contribution in [0.1, 0.15) is 49.1 Å². The molecule has 4 atom stereocenters. The zero-order valence-corrected chi connectivity index (χ0v) is 19.6. The molecule has 3 aliphatic rings. The van der Waals surface area contributed by atoms with Crippen LogP contribution in [-0.4, -0.2) is 41.8 Å². The number of aliphatic hydroxyl groups excluding tert-OH is 1. The van der Waals surface area contributed by atoms with Crippen LogP contribution in [0.4, 0.5) is 5.69 Å². The Labute approximate surface area is 203 Å². The Bertz CT molecular complexity index is 1060. The minimum Gasteiger partial charge on any atom is -0.487 e. The molecule has 8 heteroatoms. The van der Waals surface area contributed by atoms with Crippen LogP contribution < -0.4 is 15.4 Å². The average Bonchev–Trinajstić information content (AvgIpc) is 3.56. The molecular formula is C26H29ClN2O5. The van der Waals surface area contributed by atoms with Crippen LogP contribution in [0.5, 0.6) is 5.75 Å². The van der Waals surface area contributed by atoms with E-state index in [1.807, 2.05) is 30.3 Å². The largest absolute Gasteiger partial charge is 0.487 e. The fourth-order valence-corrected chi connectivity index (χ4v) is 4.97. The van der Waals surface area contributed by atoms with Gasteiger partial charge in [-0.05, 0) is 61.1 Å². The Kier molecular flexibility index (Phi) is 6.77. The zero-order chi connectivity index (χ0) is 23.7. The molecule has 0 bridgehead atoms. The summed E-state index contributed by atoms with van der Waals surface area (Å²) in [4.78, 5) is 24.8. The van der Waals surface area contributed by atoms with E-state index in [0.29, 0.717) is 30.3 Å². The normalized spacial score (nSPS) is 25.1. The minimum atomic E-state index is -0.520. The van der Waals surface area contributed by atoms with Crippen molar-refractivity contribution in [2.75, 3.05) is 11.9 Å². The molecule has 2 aromatic carbocycles. The smallest absolute Gasteiger partial charge is 0.224 e. The molecule has 1 saturated heterocycles. The third-order valence-electron chi connectivity index (χ3n) is 6.77. The number of carbonyl (C=O) groups excluding carboxylic acids is 2. The number of aliphatic hydroxyl groups is 1. The maximum absolute atomic E-state index is 12.6. The van der Waals surface area contributed by atoms with E-state index in [1.54, 1.807) is 12.1 Å². The van der Waals surface area contributed by atoms with E-state index >= 15 is 0 Å². The van der Waals surface area contributed by atoms with Gasteiger partial charge in [-0.3, -0.25) is 9.59 Å². The zero-order valence-electron chi connectivity index (χ0n) is 18.8. The summed E-state index contributed by atoms with van der Waals surface area (Å²) in [6.07, 6.45) is 2.44. The number of benzene rings is 2. The topological polar surface area (TPSA) is 96.9 Å². The lowest BCUT2D eigenvalue weighted by Gasteiger charge is -2.37. The van der Waals surface area contributed by atoms with E-state index in [4.69, 9.17) is 21.1 Å². The van der Waals surface area contributed by atoms with Gasteiger partial charge in [0.25, 0.3) is 0 Å². The van der Waals surface area contributed by atoms with Crippen LogP contribution in [0, 0.1) is 5.92 Å². The number of rotatable bonds is 8. The third kappa shape index (κ3) is 5.37. The van der Waals surface area contributed by atoms with Crippen LogP contribution in [0.3, 0.4) is 0 Å². The Morgan fingerprint density at radius 3 is 2.59 bits per heavy atom. The molecule has 180 valence electrons. The monoisotopic (exact) mass is 484 g/mol. The molecule has 2 aliphatic heterocycles. The van der Waals surface area contributed by atoms with E-state index in [-0.39, 0.29) is 43.0 Å². The molecular weight excluding hydrogens is 456 g/mol. The van der Waals surface area contributed by atoms with Gasteiger partial charge in [0.2, 0.25) is 11.8 Å². The Hall–Kier alpha value is -2.61. The molecule has 1 saturated carbocycles. The quantitative estimate of drug-likeness (QED) is 0.530. The number of amides is 2. The van der Waals surface area contributed by atoms with Crippen LogP contribution in [0.25, 0.3) is 0 Å². The van der Waals surface area contributed by atoms with Crippen molar-refractivity contribution < 1.29 is 24.2 Å². The van der Waals surface area contributed by atoms with Crippen LogP contribution in [-0.2, 0) is 20.9 Å². The van der Waals surface area contributed by atoms with Gasteiger partial charge in [-0.1, -0.05) is 23.7 Å². The summed E-state index contributed by atoms with van der Waals surface area (Å²) in [5, 5.41) is 16.5. The number of halogens is 1. The molecule has 1 aliphatic carbocycles. The van der Waals surface area contributed by atoms with E-state index in [2.05, 4.69) is 10.6 Å². The Morgan fingerprint density at radius 1 is 1.06 bits per heavy atom. The van der Waals surface area contributed by atoms with Crippen molar-refractivity contribution in [2.45, 2.75) is 62.9 Å². The number of carbonyl (C=O) groups is 2. The van der Waals surface area contributed by atoms with Crippen LogP contribution >= 0.6 is 11.6 Å². The highest BCUT2D eigenvalue weighted by atomic mass is 35.5. The first-order valence-electron chi connectivity index (χ1n) is 11.9. The lowest BCUT2D eigenvalue weighted by atomic mass is 9.84. The van der Waals surface area contributed by atoms with Gasteiger partial charge in [0.15, 0.2) is 0 Å². The molecule has 0 spiro atoms. The summed E-state index contributed by atoms with van der Waals surface area (Å²) in [5.74, 6) is 1.17. The fraction of sp³-hybridized carbons (Fsp3) is 0.462. The van der Waals surface area contributed by atoms with E-state index in [1.165, 1.54) is 0 Å². The van der Waals surface area contributed by atoms with Gasteiger partial charge in [0.05, 0.1) is 19.1 Å². The first kappa shape index (κ1) is 23.1. The number of hydrogen-bond acceptors (Lipinski definition) is 5. The summed E-state index contributed by atoms with van der Waals surface area (Å²) in [6, 6.07) is 13.0. The molecule has 0 radical (unpaired) electrons. The van der Waals surface area contributed by atoms with Crippen molar-refractivity contribution >= 4 is 29.1 Å². The Morgan fingerprint density at radius 2 is 1.85 bits per heavy atom. The molecule has 2 amide bonds. The number of anilines is 1. The highest BCUT2D eigenvalue weighted by molar-refractivity contribution is 6.30. The molecule has 3 N–H and O–H groups in total. The van der Waals surface area contributed by atoms with Crippen molar-refractivity contribution in [2.24, 2.45) is 5.92 Å². The maximum Gasteiger partial charge on any atom is 0.224 e. The van der Waals surface area contributed by atoms with Gasteiger partial charge < -0.3 is 25.2 Å². The summed E-state index contributed by atoms with van der Waals surface area (Å²) < 4.78 is 12.1. The lowest BCUT2D eigenvalue weighted by Crippen LogP contribution is -2.47. The number of fused-ring (bicyclic) bond motifs is 3. The molecule has 7 nitrogen and oxygen atoms in total. The molecule has 2 heterocycles. The molecule has 2 aromatic rings. The first-order valence-corrected chi connectivity index (χ1v) is 12.2. The molecule has 5 rings (SSSR count). The lowest BCUT2D eigenvalue weighted by molar-refractivity contribution is -0.142.